The van der Waals surface area contributed by atoms with Crippen LogP contribution in [-0.4, -0.2) is 33.7 Å². The van der Waals surface area contributed by atoms with Gasteiger partial charge < -0.3 is 10.4 Å². The van der Waals surface area contributed by atoms with Gasteiger partial charge in [0, 0.05) is 30.4 Å². The molecule has 2 rings (SSSR count). The van der Waals surface area contributed by atoms with Gasteiger partial charge in [-0.1, -0.05) is 0 Å². The molecular weight excluding hydrogens is 196 g/mol. The minimum absolute atomic E-state index is 0.520. The molecule has 1 unspecified atom stereocenters. The number of pyridine rings is 1. The van der Waals surface area contributed by atoms with E-state index in [0.29, 0.717) is 6.54 Å². The average molecular weight is 210 g/mol. The lowest BCUT2D eigenvalue weighted by atomic mass is 10.0. The second-order valence-electron chi connectivity index (χ2n) is 3.62. The van der Waals surface area contributed by atoms with Crippen LogP contribution in [-0.2, 0) is 0 Å². The molecule has 0 aromatic carbocycles. The van der Waals surface area contributed by atoms with E-state index in [1.54, 1.807) is 12.4 Å². The number of aliphatic hydroxyl groups is 1. The number of nitrogens with zero attached hydrogens (tertiary/aromatic N) is 1. The maximum Gasteiger partial charge on any atom is 0.0916 e. The van der Waals surface area contributed by atoms with Crippen LogP contribution in [0.2, 0.25) is 0 Å². The van der Waals surface area contributed by atoms with Gasteiger partial charge in [-0.2, -0.15) is 11.8 Å². The fourth-order valence-corrected chi connectivity index (χ4v) is 2.77. The normalized spacial score (nSPS) is 26.4. The van der Waals surface area contributed by atoms with Crippen molar-refractivity contribution in [1.29, 1.82) is 0 Å². The zero-order valence-corrected chi connectivity index (χ0v) is 8.76. The molecule has 1 aliphatic heterocycles. The maximum atomic E-state index is 10.1. The highest BCUT2D eigenvalue weighted by Gasteiger charge is 2.31. The molecule has 1 aliphatic rings. The van der Waals surface area contributed by atoms with Crippen molar-refractivity contribution in [2.75, 3.05) is 23.4 Å². The average Bonchev–Trinajstić information content (AvgIpc) is 2.65. The molecule has 14 heavy (non-hydrogen) atoms. The molecule has 0 bridgehead atoms. The lowest BCUT2D eigenvalue weighted by Gasteiger charge is -2.22. The van der Waals surface area contributed by atoms with Gasteiger partial charge in [-0.05, 0) is 24.3 Å². The van der Waals surface area contributed by atoms with E-state index in [1.165, 1.54) is 0 Å². The molecule has 0 radical (unpaired) electrons. The summed E-state index contributed by atoms with van der Waals surface area (Å²) in [6, 6.07) is 3.82. The highest BCUT2D eigenvalue weighted by Crippen LogP contribution is 2.27. The molecule has 1 fully saturated rings. The van der Waals surface area contributed by atoms with Crippen LogP contribution in [0.5, 0.6) is 0 Å². The molecule has 0 saturated carbocycles. The Balaban J connectivity index is 1.88. The van der Waals surface area contributed by atoms with E-state index in [4.69, 9.17) is 0 Å². The van der Waals surface area contributed by atoms with Crippen LogP contribution in [0.1, 0.15) is 6.42 Å². The van der Waals surface area contributed by atoms with Crippen molar-refractivity contribution >= 4 is 17.4 Å². The van der Waals surface area contributed by atoms with E-state index in [1.807, 2.05) is 23.9 Å². The second kappa shape index (κ2) is 4.19. The van der Waals surface area contributed by atoms with E-state index < -0.39 is 5.60 Å². The number of thioether (sulfide) groups is 1. The number of aromatic nitrogens is 1. The first kappa shape index (κ1) is 9.80. The minimum Gasteiger partial charge on any atom is -0.387 e. The number of hydrogen-bond donors (Lipinski definition) is 2. The zero-order chi connectivity index (χ0) is 9.86. The molecule has 76 valence electrons. The first-order chi connectivity index (χ1) is 6.79. The molecule has 3 nitrogen and oxygen atoms in total. The number of rotatable bonds is 3. The molecule has 2 heterocycles. The van der Waals surface area contributed by atoms with Gasteiger partial charge in [0.25, 0.3) is 0 Å². The Morgan fingerprint density at radius 2 is 2.29 bits per heavy atom. The van der Waals surface area contributed by atoms with Crippen LogP contribution in [0.25, 0.3) is 0 Å². The molecular formula is C10H14N2OS. The highest BCUT2D eigenvalue weighted by molar-refractivity contribution is 7.99. The third-order valence-corrected chi connectivity index (χ3v) is 3.62. The predicted molar refractivity (Wildman–Crippen MR) is 59.6 cm³/mol. The molecule has 1 atom stereocenters. The molecule has 0 amide bonds. The number of anilines is 1. The van der Waals surface area contributed by atoms with Crippen molar-refractivity contribution in [3.8, 4) is 0 Å². The van der Waals surface area contributed by atoms with E-state index in [2.05, 4.69) is 10.3 Å². The summed E-state index contributed by atoms with van der Waals surface area (Å²) in [6.07, 6.45) is 4.38. The van der Waals surface area contributed by atoms with Crippen LogP contribution >= 0.6 is 11.8 Å². The Hall–Kier alpha value is -0.740. The molecule has 1 saturated heterocycles. The smallest absolute Gasteiger partial charge is 0.0916 e. The summed E-state index contributed by atoms with van der Waals surface area (Å²) < 4.78 is 0. The van der Waals surface area contributed by atoms with Crippen LogP contribution in [0.3, 0.4) is 0 Å². The van der Waals surface area contributed by atoms with Crippen LogP contribution in [0.15, 0.2) is 24.5 Å². The lowest BCUT2D eigenvalue weighted by molar-refractivity contribution is 0.0820. The third kappa shape index (κ3) is 2.39. The van der Waals surface area contributed by atoms with Gasteiger partial charge in [-0.3, -0.25) is 4.98 Å². The van der Waals surface area contributed by atoms with Gasteiger partial charge in [0.1, 0.15) is 0 Å². The largest absolute Gasteiger partial charge is 0.387 e. The first-order valence-corrected chi connectivity index (χ1v) is 5.88. The second-order valence-corrected chi connectivity index (χ2v) is 4.72. The van der Waals surface area contributed by atoms with Gasteiger partial charge in [0.2, 0.25) is 0 Å². The SMILES string of the molecule is OC1(CNc2ccncc2)CCSC1. The Morgan fingerprint density at radius 1 is 1.50 bits per heavy atom. The predicted octanol–water partition coefficient (Wildman–Crippen LogP) is 1.36. The van der Waals surface area contributed by atoms with Gasteiger partial charge in [0.15, 0.2) is 0 Å². The lowest BCUT2D eigenvalue weighted by Crippen LogP contribution is -2.36. The molecule has 1 aromatic heterocycles. The standard InChI is InChI=1S/C10H14N2OS/c13-10(3-6-14-8-10)7-12-9-1-4-11-5-2-9/h1-2,4-5,13H,3,6-8H2,(H,11,12). The number of nitrogens with one attached hydrogen (secondary N) is 1. The van der Waals surface area contributed by atoms with Crippen molar-refractivity contribution in [2.24, 2.45) is 0 Å². The summed E-state index contributed by atoms with van der Waals surface area (Å²) >= 11 is 1.81. The highest BCUT2D eigenvalue weighted by atomic mass is 32.2. The van der Waals surface area contributed by atoms with E-state index in [9.17, 15) is 5.11 Å². The van der Waals surface area contributed by atoms with Crippen LogP contribution < -0.4 is 5.32 Å². The van der Waals surface area contributed by atoms with Crippen molar-refractivity contribution in [1.82, 2.24) is 4.98 Å². The van der Waals surface area contributed by atoms with Crippen molar-refractivity contribution in [2.45, 2.75) is 12.0 Å². The summed E-state index contributed by atoms with van der Waals surface area (Å²) in [5, 5.41) is 13.3. The summed E-state index contributed by atoms with van der Waals surface area (Å²) in [7, 11) is 0. The van der Waals surface area contributed by atoms with Crippen molar-refractivity contribution in [3.05, 3.63) is 24.5 Å². The third-order valence-electron chi connectivity index (χ3n) is 2.38. The van der Waals surface area contributed by atoms with E-state index in [-0.39, 0.29) is 0 Å². The monoisotopic (exact) mass is 210 g/mol. The molecule has 0 aliphatic carbocycles. The summed E-state index contributed by atoms with van der Waals surface area (Å²) in [6.45, 7) is 0.629. The van der Waals surface area contributed by atoms with Crippen LogP contribution in [0, 0.1) is 0 Å². The summed E-state index contributed by atoms with van der Waals surface area (Å²) in [5.74, 6) is 1.90. The van der Waals surface area contributed by atoms with Gasteiger partial charge in [-0.25, -0.2) is 0 Å². The molecule has 2 N–H and O–H groups in total. The van der Waals surface area contributed by atoms with E-state index in [0.717, 1.165) is 23.6 Å². The van der Waals surface area contributed by atoms with E-state index >= 15 is 0 Å². The summed E-state index contributed by atoms with van der Waals surface area (Å²) in [4.78, 5) is 3.94. The quantitative estimate of drug-likeness (QED) is 0.790. The Morgan fingerprint density at radius 3 is 2.93 bits per heavy atom. The number of hydrogen-bond acceptors (Lipinski definition) is 4. The van der Waals surface area contributed by atoms with Gasteiger partial charge in [-0.15, -0.1) is 0 Å². The topological polar surface area (TPSA) is 45.1 Å². The molecule has 0 spiro atoms. The fourth-order valence-electron chi connectivity index (χ4n) is 1.47. The van der Waals surface area contributed by atoms with Gasteiger partial charge >= 0.3 is 0 Å². The molecule has 4 heteroatoms. The maximum absolute atomic E-state index is 10.1. The minimum atomic E-state index is -0.520. The van der Waals surface area contributed by atoms with Crippen LogP contribution in [0.4, 0.5) is 5.69 Å². The Labute approximate surface area is 87.9 Å². The van der Waals surface area contributed by atoms with Crippen molar-refractivity contribution in [3.63, 3.8) is 0 Å². The zero-order valence-electron chi connectivity index (χ0n) is 7.94. The summed E-state index contributed by atoms with van der Waals surface area (Å²) in [5.41, 5.74) is 0.499. The Bertz CT molecular complexity index is 285. The molecule has 1 aromatic rings. The Kier molecular flexibility index (Phi) is 2.93. The van der Waals surface area contributed by atoms with Crippen molar-refractivity contribution < 1.29 is 5.11 Å². The van der Waals surface area contributed by atoms with Gasteiger partial charge in [0.05, 0.1) is 5.60 Å². The first-order valence-electron chi connectivity index (χ1n) is 4.73. The fraction of sp³-hybridized carbons (Fsp3) is 0.500.